The molecular formula is C22H26N4O3S2. The Bertz CT molecular complexity index is 1030. The second-order valence-electron chi connectivity index (χ2n) is 8.00. The predicted octanol–water partition coefficient (Wildman–Crippen LogP) is 2.36. The summed E-state index contributed by atoms with van der Waals surface area (Å²) in [5.41, 5.74) is 0.429. The van der Waals surface area contributed by atoms with Crippen LogP contribution in [0.2, 0.25) is 0 Å². The van der Waals surface area contributed by atoms with Crippen molar-refractivity contribution in [2.24, 2.45) is 5.92 Å². The number of amides is 1. The molecule has 2 aliphatic heterocycles. The van der Waals surface area contributed by atoms with Crippen molar-refractivity contribution in [1.82, 2.24) is 14.1 Å². The van der Waals surface area contributed by atoms with E-state index >= 15 is 0 Å². The molecule has 2 saturated heterocycles. The Hall–Kier alpha value is -2.25. The van der Waals surface area contributed by atoms with Crippen LogP contribution in [0.5, 0.6) is 0 Å². The summed E-state index contributed by atoms with van der Waals surface area (Å²) >= 11 is 1.76. The highest BCUT2D eigenvalue weighted by Crippen LogP contribution is 2.26. The van der Waals surface area contributed by atoms with Crippen LogP contribution in [0.4, 0.5) is 0 Å². The van der Waals surface area contributed by atoms with E-state index < -0.39 is 10.0 Å². The van der Waals surface area contributed by atoms with Crippen LogP contribution < -0.4 is 0 Å². The van der Waals surface area contributed by atoms with Gasteiger partial charge in [-0.3, -0.25) is 9.69 Å². The van der Waals surface area contributed by atoms with Gasteiger partial charge in [-0.15, -0.1) is 11.3 Å². The lowest BCUT2D eigenvalue weighted by Gasteiger charge is -2.38. The van der Waals surface area contributed by atoms with E-state index in [1.54, 1.807) is 11.3 Å². The van der Waals surface area contributed by atoms with Gasteiger partial charge in [-0.05, 0) is 48.6 Å². The molecule has 1 amide bonds. The van der Waals surface area contributed by atoms with Crippen LogP contribution in [0, 0.1) is 17.2 Å². The molecule has 164 valence electrons. The maximum atomic E-state index is 13.0. The van der Waals surface area contributed by atoms with Crippen LogP contribution in [0.15, 0.2) is 46.7 Å². The summed E-state index contributed by atoms with van der Waals surface area (Å²) in [7, 11) is -3.60. The van der Waals surface area contributed by atoms with Crippen molar-refractivity contribution in [2.75, 3.05) is 39.3 Å². The molecule has 0 saturated carbocycles. The van der Waals surface area contributed by atoms with Gasteiger partial charge in [-0.2, -0.15) is 9.57 Å². The Balaban J connectivity index is 1.28. The van der Waals surface area contributed by atoms with Crippen molar-refractivity contribution in [1.29, 1.82) is 5.26 Å². The van der Waals surface area contributed by atoms with E-state index in [0.717, 1.165) is 32.7 Å². The fourth-order valence-electron chi connectivity index (χ4n) is 4.20. The van der Waals surface area contributed by atoms with Crippen LogP contribution >= 0.6 is 11.3 Å². The number of piperidine rings is 1. The first kappa shape index (κ1) is 22.0. The predicted molar refractivity (Wildman–Crippen MR) is 119 cm³/mol. The number of nitriles is 1. The number of sulfonamides is 1. The van der Waals surface area contributed by atoms with E-state index in [-0.39, 0.29) is 16.7 Å². The summed E-state index contributed by atoms with van der Waals surface area (Å²) in [5.74, 6) is 0.0439. The minimum absolute atomic E-state index is 0.115. The summed E-state index contributed by atoms with van der Waals surface area (Å²) in [6, 6.07) is 12.2. The number of hydrogen-bond acceptors (Lipinski definition) is 6. The highest BCUT2D eigenvalue weighted by molar-refractivity contribution is 7.89. The maximum absolute atomic E-state index is 13.0. The largest absolute Gasteiger partial charge is 0.340 e. The standard InChI is InChI=1S/C22H26N4O3S2/c23-16-18-3-5-21(6-4-18)31(28,29)26-9-7-19(8-10-26)22(27)25-13-11-24(12-14-25)17-20-2-1-15-30-20/h1-6,15,19H,7-14,17H2. The summed E-state index contributed by atoms with van der Waals surface area (Å²) in [6.45, 7) is 4.83. The third-order valence-corrected chi connectivity index (χ3v) is 8.84. The van der Waals surface area contributed by atoms with Gasteiger partial charge in [0.1, 0.15) is 0 Å². The van der Waals surface area contributed by atoms with Gasteiger partial charge < -0.3 is 4.90 Å². The van der Waals surface area contributed by atoms with Crippen molar-refractivity contribution >= 4 is 27.3 Å². The number of piperazine rings is 1. The summed E-state index contributed by atoms with van der Waals surface area (Å²) in [6.07, 6.45) is 1.09. The van der Waals surface area contributed by atoms with E-state index in [1.165, 1.54) is 33.4 Å². The van der Waals surface area contributed by atoms with Gasteiger partial charge in [0.15, 0.2) is 0 Å². The van der Waals surface area contributed by atoms with Crippen LogP contribution in [-0.2, 0) is 21.4 Å². The van der Waals surface area contributed by atoms with Gasteiger partial charge >= 0.3 is 0 Å². The molecule has 0 radical (unpaired) electrons. The van der Waals surface area contributed by atoms with E-state index in [2.05, 4.69) is 22.4 Å². The zero-order chi connectivity index (χ0) is 21.8. The second-order valence-corrected chi connectivity index (χ2v) is 11.0. The Morgan fingerprint density at radius 3 is 2.29 bits per heavy atom. The number of nitrogens with zero attached hydrogens (tertiary/aromatic N) is 4. The smallest absolute Gasteiger partial charge is 0.243 e. The van der Waals surface area contributed by atoms with E-state index in [0.29, 0.717) is 31.5 Å². The minimum atomic E-state index is -3.60. The average Bonchev–Trinajstić information content (AvgIpc) is 3.32. The molecule has 0 aliphatic carbocycles. The molecule has 9 heteroatoms. The third kappa shape index (κ3) is 4.99. The molecule has 1 aromatic carbocycles. The summed E-state index contributed by atoms with van der Waals surface area (Å²) in [4.78, 5) is 18.8. The first-order valence-electron chi connectivity index (χ1n) is 10.5. The Kier molecular flexibility index (Phi) is 6.72. The molecule has 0 atom stereocenters. The fraction of sp³-hybridized carbons (Fsp3) is 0.455. The van der Waals surface area contributed by atoms with Crippen LogP contribution in [0.25, 0.3) is 0 Å². The lowest BCUT2D eigenvalue weighted by Crippen LogP contribution is -2.51. The average molecular weight is 459 g/mol. The molecule has 1 aromatic heterocycles. The normalized spacial score (nSPS) is 19.3. The number of benzene rings is 1. The molecule has 2 aromatic rings. The Morgan fingerprint density at radius 1 is 1.03 bits per heavy atom. The van der Waals surface area contributed by atoms with Gasteiger partial charge in [-0.1, -0.05) is 6.07 Å². The lowest BCUT2D eigenvalue weighted by molar-refractivity contribution is -0.138. The van der Waals surface area contributed by atoms with Crippen LogP contribution in [-0.4, -0.2) is 67.7 Å². The van der Waals surface area contributed by atoms with Crippen molar-refractivity contribution in [3.8, 4) is 6.07 Å². The molecule has 2 fully saturated rings. The van der Waals surface area contributed by atoms with E-state index in [4.69, 9.17) is 5.26 Å². The number of rotatable bonds is 5. The van der Waals surface area contributed by atoms with Gasteiger partial charge in [0.2, 0.25) is 15.9 Å². The summed E-state index contributed by atoms with van der Waals surface area (Å²) < 4.78 is 27.2. The highest BCUT2D eigenvalue weighted by Gasteiger charge is 2.34. The van der Waals surface area contributed by atoms with Gasteiger partial charge in [-0.25, -0.2) is 8.42 Å². The molecular weight excluding hydrogens is 432 g/mol. The van der Waals surface area contributed by atoms with Gasteiger partial charge in [0.05, 0.1) is 16.5 Å². The van der Waals surface area contributed by atoms with E-state index in [1.807, 2.05) is 11.0 Å². The topological polar surface area (TPSA) is 84.7 Å². The number of carbonyl (C=O) groups is 1. The molecule has 0 unspecified atom stereocenters. The molecule has 2 aliphatic rings. The summed E-state index contributed by atoms with van der Waals surface area (Å²) in [5, 5.41) is 11.0. The second kappa shape index (κ2) is 9.49. The number of hydrogen-bond donors (Lipinski definition) is 0. The Labute approximate surface area is 187 Å². The third-order valence-electron chi connectivity index (χ3n) is 6.07. The van der Waals surface area contributed by atoms with Crippen molar-refractivity contribution < 1.29 is 13.2 Å². The van der Waals surface area contributed by atoms with Gasteiger partial charge in [0, 0.05) is 56.6 Å². The molecule has 3 heterocycles. The Morgan fingerprint density at radius 2 is 1.71 bits per heavy atom. The zero-order valence-corrected chi connectivity index (χ0v) is 18.9. The van der Waals surface area contributed by atoms with Gasteiger partial charge in [0.25, 0.3) is 0 Å². The maximum Gasteiger partial charge on any atom is 0.243 e. The monoisotopic (exact) mass is 458 g/mol. The molecule has 31 heavy (non-hydrogen) atoms. The molecule has 0 bridgehead atoms. The lowest BCUT2D eigenvalue weighted by atomic mass is 9.96. The SMILES string of the molecule is N#Cc1ccc(S(=O)(=O)N2CCC(C(=O)N3CCN(Cc4cccs4)CC3)CC2)cc1. The molecule has 4 rings (SSSR count). The van der Waals surface area contributed by atoms with Crippen LogP contribution in [0.3, 0.4) is 0 Å². The van der Waals surface area contributed by atoms with Crippen molar-refractivity contribution in [3.63, 3.8) is 0 Å². The number of carbonyl (C=O) groups excluding carboxylic acids is 1. The molecule has 0 spiro atoms. The van der Waals surface area contributed by atoms with Crippen molar-refractivity contribution in [2.45, 2.75) is 24.3 Å². The quantitative estimate of drug-likeness (QED) is 0.687. The van der Waals surface area contributed by atoms with Crippen LogP contribution in [0.1, 0.15) is 23.3 Å². The minimum Gasteiger partial charge on any atom is -0.340 e. The fourth-order valence-corrected chi connectivity index (χ4v) is 6.42. The van der Waals surface area contributed by atoms with E-state index in [9.17, 15) is 13.2 Å². The number of thiophene rings is 1. The first-order valence-corrected chi connectivity index (χ1v) is 12.8. The highest BCUT2D eigenvalue weighted by atomic mass is 32.2. The first-order chi connectivity index (χ1) is 15.0. The zero-order valence-electron chi connectivity index (χ0n) is 17.3. The molecule has 7 nitrogen and oxygen atoms in total. The molecule has 0 N–H and O–H groups in total. The van der Waals surface area contributed by atoms with Crippen molar-refractivity contribution in [3.05, 3.63) is 52.2 Å².